The molecule has 3 heterocycles. The molecule has 4 nitrogen and oxygen atoms in total. The summed E-state index contributed by atoms with van der Waals surface area (Å²) >= 11 is 0. The lowest BCUT2D eigenvalue weighted by Crippen LogP contribution is -2.45. The third-order valence-electron chi connectivity index (χ3n) is 4.06. The second-order valence-corrected chi connectivity index (χ2v) is 5.14. The molecule has 2 aliphatic rings. The zero-order chi connectivity index (χ0) is 11.8. The fraction of sp³-hybridized carbons (Fsp3) is 0.692. The highest BCUT2D eigenvalue weighted by molar-refractivity contribution is 5.42. The van der Waals surface area contributed by atoms with Gasteiger partial charge in [-0.05, 0) is 32.6 Å². The Hall–Kier alpha value is -1.16. The van der Waals surface area contributed by atoms with Crippen molar-refractivity contribution in [3.8, 4) is 0 Å². The minimum atomic E-state index is 0.433. The van der Waals surface area contributed by atoms with E-state index in [9.17, 15) is 0 Å². The van der Waals surface area contributed by atoms with Gasteiger partial charge in [0.1, 0.15) is 5.82 Å². The Morgan fingerprint density at radius 3 is 2.41 bits per heavy atom. The molecular formula is C13H19N3O. The molecule has 2 saturated heterocycles. The summed E-state index contributed by atoms with van der Waals surface area (Å²) in [5, 5.41) is 0. The molecule has 0 aliphatic carbocycles. The maximum atomic E-state index is 5.51. The normalized spacial score (nSPS) is 31.9. The van der Waals surface area contributed by atoms with Crippen molar-refractivity contribution >= 4 is 5.82 Å². The molecule has 2 bridgehead atoms. The van der Waals surface area contributed by atoms with Crippen molar-refractivity contribution in [2.24, 2.45) is 0 Å². The molecule has 3 rings (SSSR count). The molecule has 4 heteroatoms. The van der Waals surface area contributed by atoms with Crippen LogP contribution in [0.1, 0.15) is 31.4 Å². The topological polar surface area (TPSA) is 38.2 Å². The van der Waals surface area contributed by atoms with Crippen LogP contribution in [0.25, 0.3) is 0 Å². The van der Waals surface area contributed by atoms with Crippen LogP contribution in [0.2, 0.25) is 0 Å². The minimum Gasteiger partial charge on any atom is -0.381 e. The maximum absolute atomic E-state index is 5.51. The van der Waals surface area contributed by atoms with Gasteiger partial charge in [0.05, 0.1) is 24.2 Å². The lowest BCUT2D eigenvalue weighted by Gasteiger charge is -2.39. The number of nitrogens with zero attached hydrogens (tertiary/aromatic N) is 3. The largest absolute Gasteiger partial charge is 0.381 e. The smallest absolute Gasteiger partial charge is 0.147 e. The van der Waals surface area contributed by atoms with Crippen LogP contribution in [-0.4, -0.2) is 35.3 Å². The predicted molar refractivity (Wildman–Crippen MR) is 66.1 cm³/mol. The Balaban J connectivity index is 1.83. The van der Waals surface area contributed by atoms with Crippen molar-refractivity contribution in [3.05, 3.63) is 18.1 Å². The number of anilines is 1. The predicted octanol–water partition coefficient (Wildman–Crippen LogP) is 1.93. The zero-order valence-electron chi connectivity index (χ0n) is 10.5. The van der Waals surface area contributed by atoms with E-state index in [1.54, 1.807) is 0 Å². The zero-order valence-corrected chi connectivity index (χ0v) is 10.5. The van der Waals surface area contributed by atoms with E-state index >= 15 is 0 Å². The Morgan fingerprint density at radius 2 is 1.88 bits per heavy atom. The summed E-state index contributed by atoms with van der Waals surface area (Å²) in [6.45, 7) is 1.97. The minimum absolute atomic E-state index is 0.433. The number of aryl methyl sites for hydroxylation is 1. The highest BCUT2D eigenvalue weighted by atomic mass is 16.5. The van der Waals surface area contributed by atoms with Crippen LogP contribution in [-0.2, 0) is 4.74 Å². The second kappa shape index (κ2) is 4.26. The standard InChI is InChI=1S/C13H19N3O/c1-9-7-15-13(8-14-9)16-10-3-4-11(16)6-12(5-10)17-2/h7-8,10-12H,3-6H2,1-2H3. The molecule has 2 atom stereocenters. The molecule has 0 N–H and O–H groups in total. The number of ether oxygens (including phenoxy) is 1. The maximum Gasteiger partial charge on any atom is 0.147 e. The monoisotopic (exact) mass is 233 g/mol. The van der Waals surface area contributed by atoms with Gasteiger partial charge in [0.2, 0.25) is 0 Å². The molecule has 1 aromatic rings. The van der Waals surface area contributed by atoms with Crippen molar-refractivity contribution < 1.29 is 4.74 Å². The van der Waals surface area contributed by atoms with Crippen molar-refractivity contribution in [3.63, 3.8) is 0 Å². The third-order valence-corrected chi connectivity index (χ3v) is 4.06. The van der Waals surface area contributed by atoms with E-state index in [0.29, 0.717) is 18.2 Å². The van der Waals surface area contributed by atoms with Gasteiger partial charge < -0.3 is 9.64 Å². The highest BCUT2D eigenvalue weighted by Crippen LogP contribution is 2.38. The van der Waals surface area contributed by atoms with Crippen LogP contribution in [0.5, 0.6) is 0 Å². The molecule has 0 amide bonds. The van der Waals surface area contributed by atoms with E-state index in [-0.39, 0.29) is 0 Å². The molecule has 0 saturated carbocycles. The molecule has 17 heavy (non-hydrogen) atoms. The molecule has 0 aromatic carbocycles. The Bertz CT molecular complexity index is 378. The first-order chi connectivity index (χ1) is 8.28. The van der Waals surface area contributed by atoms with Gasteiger partial charge in [-0.1, -0.05) is 0 Å². The summed E-state index contributed by atoms with van der Waals surface area (Å²) < 4.78 is 5.51. The first-order valence-corrected chi connectivity index (χ1v) is 6.37. The fourth-order valence-corrected chi connectivity index (χ4v) is 3.21. The van der Waals surface area contributed by atoms with E-state index < -0.39 is 0 Å². The summed E-state index contributed by atoms with van der Waals surface area (Å²) in [5.41, 5.74) is 0.980. The number of hydrogen-bond acceptors (Lipinski definition) is 4. The summed E-state index contributed by atoms with van der Waals surface area (Å²) in [6.07, 6.45) is 8.98. The Morgan fingerprint density at radius 1 is 1.18 bits per heavy atom. The van der Waals surface area contributed by atoms with E-state index in [4.69, 9.17) is 4.74 Å². The first-order valence-electron chi connectivity index (χ1n) is 6.37. The number of piperidine rings is 1. The fourth-order valence-electron chi connectivity index (χ4n) is 3.21. The molecule has 0 spiro atoms. The Kier molecular flexibility index (Phi) is 2.74. The number of methoxy groups -OCH3 is 1. The molecule has 2 fully saturated rings. The SMILES string of the molecule is COC1CC2CCC(C1)N2c1cnc(C)cn1. The van der Waals surface area contributed by atoms with Crippen molar-refractivity contribution in [1.82, 2.24) is 9.97 Å². The number of fused-ring (bicyclic) bond motifs is 2. The average molecular weight is 233 g/mol. The summed E-state index contributed by atoms with van der Waals surface area (Å²) in [6, 6.07) is 1.19. The van der Waals surface area contributed by atoms with E-state index in [2.05, 4.69) is 14.9 Å². The quantitative estimate of drug-likeness (QED) is 0.782. The van der Waals surface area contributed by atoms with Crippen LogP contribution in [0, 0.1) is 6.92 Å². The number of hydrogen-bond donors (Lipinski definition) is 0. The van der Waals surface area contributed by atoms with Gasteiger partial charge in [-0.2, -0.15) is 0 Å². The van der Waals surface area contributed by atoms with Gasteiger partial charge in [0.15, 0.2) is 0 Å². The highest BCUT2D eigenvalue weighted by Gasteiger charge is 2.41. The lowest BCUT2D eigenvalue weighted by atomic mass is 10.00. The average Bonchev–Trinajstić information content (AvgIpc) is 2.61. The van der Waals surface area contributed by atoms with Crippen LogP contribution >= 0.6 is 0 Å². The molecule has 2 unspecified atom stereocenters. The van der Waals surface area contributed by atoms with Gasteiger partial charge in [-0.25, -0.2) is 4.98 Å². The lowest BCUT2D eigenvalue weighted by molar-refractivity contribution is 0.0682. The molecule has 1 aromatic heterocycles. The summed E-state index contributed by atoms with van der Waals surface area (Å²) in [4.78, 5) is 11.3. The van der Waals surface area contributed by atoms with Crippen molar-refractivity contribution in [2.45, 2.75) is 50.8 Å². The second-order valence-electron chi connectivity index (χ2n) is 5.14. The van der Waals surface area contributed by atoms with Crippen LogP contribution in [0.15, 0.2) is 12.4 Å². The van der Waals surface area contributed by atoms with E-state index in [1.807, 2.05) is 26.4 Å². The van der Waals surface area contributed by atoms with Gasteiger partial charge in [-0.15, -0.1) is 0 Å². The van der Waals surface area contributed by atoms with Gasteiger partial charge in [-0.3, -0.25) is 4.98 Å². The van der Waals surface area contributed by atoms with E-state index in [0.717, 1.165) is 24.4 Å². The van der Waals surface area contributed by atoms with Crippen LogP contribution in [0.4, 0.5) is 5.82 Å². The van der Waals surface area contributed by atoms with Gasteiger partial charge in [0.25, 0.3) is 0 Å². The summed E-state index contributed by atoms with van der Waals surface area (Å²) in [5.74, 6) is 1.04. The van der Waals surface area contributed by atoms with Crippen molar-refractivity contribution in [1.29, 1.82) is 0 Å². The van der Waals surface area contributed by atoms with Crippen molar-refractivity contribution in [2.75, 3.05) is 12.0 Å². The summed E-state index contributed by atoms with van der Waals surface area (Å²) in [7, 11) is 1.82. The molecule has 92 valence electrons. The number of rotatable bonds is 2. The van der Waals surface area contributed by atoms with Crippen LogP contribution < -0.4 is 4.90 Å². The van der Waals surface area contributed by atoms with Crippen LogP contribution in [0.3, 0.4) is 0 Å². The first kappa shape index (κ1) is 11.0. The molecule has 0 radical (unpaired) electrons. The van der Waals surface area contributed by atoms with E-state index in [1.165, 1.54) is 12.8 Å². The van der Waals surface area contributed by atoms with Gasteiger partial charge in [0, 0.05) is 19.2 Å². The molecule has 2 aliphatic heterocycles. The Labute approximate surface area is 102 Å². The number of aromatic nitrogens is 2. The van der Waals surface area contributed by atoms with Gasteiger partial charge >= 0.3 is 0 Å². The molecular weight excluding hydrogens is 214 g/mol. The third kappa shape index (κ3) is 1.90.